The highest BCUT2D eigenvalue weighted by atomic mass is 35.5. The quantitative estimate of drug-likeness (QED) is 0.709. The fourth-order valence-corrected chi connectivity index (χ4v) is 2.13. The molecule has 1 atom stereocenters. The van der Waals surface area contributed by atoms with Crippen molar-refractivity contribution in [2.75, 3.05) is 6.54 Å². The molecule has 18 heavy (non-hydrogen) atoms. The number of nitrogens with one attached hydrogen (secondary N) is 1. The SMILES string of the molecule is C[C@@H](NCCCCCC(=O)O)c1ccccc1Cl. The number of carboxylic acid groups (broad SMARTS) is 1. The highest BCUT2D eigenvalue weighted by Gasteiger charge is 2.07. The molecule has 3 nitrogen and oxygen atoms in total. The minimum absolute atomic E-state index is 0.221. The van der Waals surface area contributed by atoms with Gasteiger partial charge in [-0.2, -0.15) is 0 Å². The summed E-state index contributed by atoms with van der Waals surface area (Å²) in [4.78, 5) is 10.3. The third kappa shape index (κ3) is 5.52. The first-order valence-electron chi connectivity index (χ1n) is 6.31. The lowest BCUT2D eigenvalue weighted by molar-refractivity contribution is -0.137. The Labute approximate surface area is 113 Å². The van der Waals surface area contributed by atoms with E-state index in [0.29, 0.717) is 0 Å². The average Bonchev–Trinajstić information content (AvgIpc) is 2.33. The van der Waals surface area contributed by atoms with E-state index in [0.717, 1.165) is 36.4 Å². The zero-order valence-electron chi connectivity index (χ0n) is 10.7. The number of hydrogen-bond donors (Lipinski definition) is 2. The highest BCUT2D eigenvalue weighted by molar-refractivity contribution is 6.31. The minimum Gasteiger partial charge on any atom is -0.481 e. The Bertz CT molecular complexity index is 382. The first-order valence-corrected chi connectivity index (χ1v) is 6.68. The molecule has 1 aromatic rings. The van der Waals surface area contributed by atoms with Crippen LogP contribution in [0.2, 0.25) is 5.02 Å². The number of rotatable bonds is 8. The third-order valence-electron chi connectivity index (χ3n) is 2.89. The monoisotopic (exact) mass is 269 g/mol. The number of unbranched alkanes of at least 4 members (excludes halogenated alkanes) is 2. The van der Waals surface area contributed by atoms with Crippen LogP contribution in [-0.2, 0) is 4.79 Å². The van der Waals surface area contributed by atoms with E-state index in [4.69, 9.17) is 16.7 Å². The molecule has 0 unspecified atom stereocenters. The molecule has 0 radical (unpaired) electrons. The van der Waals surface area contributed by atoms with Crippen LogP contribution in [-0.4, -0.2) is 17.6 Å². The van der Waals surface area contributed by atoms with E-state index in [-0.39, 0.29) is 12.5 Å². The van der Waals surface area contributed by atoms with Gasteiger partial charge in [-0.05, 0) is 37.9 Å². The van der Waals surface area contributed by atoms with Crippen molar-refractivity contribution in [2.45, 2.75) is 38.6 Å². The summed E-state index contributed by atoms with van der Waals surface area (Å²) >= 11 is 6.11. The Morgan fingerprint density at radius 2 is 2.06 bits per heavy atom. The van der Waals surface area contributed by atoms with E-state index in [1.165, 1.54) is 0 Å². The predicted molar refractivity (Wildman–Crippen MR) is 74.0 cm³/mol. The molecule has 0 aliphatic heterocycles. The molecule has 0 fully saturated rings. The number of carboxylic acids is 1. The van der Waals surface area contributed by atoms with Crippen LogP contribution >= 0.6 is 11.6 Å². The summed E-state index contributed by atoms with van der Waals surface area (Å²) in [7, 11) is 0. The second kappa shape index (κ2) is 8.11. The highest BCUT2D eigenvalue weighted by Crippen LogP contribution is 2.21. The van der Waals surface area contributed by atoms with Gasteiger partial charge in [0.2, 0.25) is 0 Å². The molecular weight excluding hydrogens is 250 g/mol. The molecule has 0 heterocycles. The number of carbonyl (C=O) groups is 1. The molecule has 0 saturated carbocycles. The van der Waals surface area contributed by atoms with Crippen molar-refractivity contribution in [1.29, 1.82) is 0 Å². The Hall–Kier alpha value is -1.06. The van der Waals surface area contributed by atoms with Gasteiger partial charge in [0.05, 0.1) is 0 Å². The van der Waals surface area contributed by atoms with E-state index in [1.54, 1.807) is 0 Å². The average molecular weight is 270 g/mol. The van der Waals surface area contributed by atoms with Crippen molar-refractivity contribution < 1.29 is 9.90 Å². The van der Waals surface area contributed by atoms with Crippen LogP contribution < -0.4 is 5.32 Å². The number of aliphatic carboxylic acids is 1. The fraction of sp³-hybridized carbons (Fsp3) is 0.500. The van der Waals surface area contributed by atoms with Crippen molar-refractivity contribution in [3.63, 3.8) is 0 Å². The van der Waals surface area contributed by atoms with E-state index in [1.807, 2.05) is 24.3 Å². The molecule has 0 aliphatic rings. The van der Waals surface area contributed by atoms with Gasteiger partial charge in [-0.1, -0.05) is 36.2 Å². The van der Waals surface area contributed by atoms with Gasteiger partial charge in [-0.15, -0.1) is 0 Å². The largest absolute Gasteiger partial charge is 0.481 e. The molecule has 1 aromatic carbocycles. The Morgan fingerprint density at radius 3 is 2.72 bits per heavy atom. The van der Waals surface area contributed by atoms with Crippen molar-refractivity contribution in [3.8, 4) is 0 Å². The van der Waals surface area contributed by atoms with Gasteiger partial charge in [-0.25, -0.2) is 0 Å². The van der Waals surface area contributed by atoms with Crippen LogP contribution in [0.1, 0.15) is 44.2 Å². The van der Waals surface area contributed by atoms with Crippen LogP contribution in [0.3, 0.4) is 0 Å². The molecule has 4 heteroatoms. The summed E-state index contributed by atoms with van der Waals surface area (Å²) in [5.41, 5.74) is 1.10. The van der Waals surface area contributed by atoms with E-state index in [2.05, 4.69) is 12.2 Å². The normalized spacial score (nSPS) is 12.3. The predicted octanol–water partition coefficient (Wildman–Crippen LogP) is 3.64. The standard InChI is InChI=1S/C14H20ClNO2/c1-11(12-7-4-5-8-13(12)15)16-10-6-2-3-9-14(17)18/h4-5,7-8,11,16H,2-3,6,9-10H2,1H3,(H,17,18)/t11-/m1/s1. The molecule has 0 saturated heterocycles. The van der Waals surface area contributed by atoms with Gasteiger partial charge < -0.3 is 10.4 Å². The lowest BCUT2D eigenvalue weighted by Gasteiger charge is -2.15. The van der Waals surface area contributed by atoms with Crippen molar-refractivity contribution in [2.24, 2.45) is 0 Å². The van der Waals surface area contributed by atoms with Gasteiger partial charge in [-0.3, -0.25) is 4.79 Å². The minimum atomic E-state index is -0.715. The second-order valence-electron chi connectivity index (χ2n) is 4.40. The summed E-state index contributed by atoms with van der Waals surface area (Å²) in [5, 5.41) is 12.7. The number of benzene rings is 1. The third-order valence-corrected chi connectivity index (χ3v) is 3.23. The van der Waals surface area contributed by atoms with E-state index < -0.39 is 5.97 Å². The zero-order chi connectivity index (χ0) is 13.4. The molecule has 2 N–H and O–H groups in total. The van der Waals surface area contributed by atoms with Crippen LogP contribution in [0.4, 0.5) is 0 Å². The fourth-order valence-electron chi connectivity index (χ4n) is 1.83. The lowest BCUT2D eigenvalue weighted by atomic mass is 10.1. The topological polar surface area (TPSA) is 49.3 Å². The first-order chi connectivity index (χ1) is 8.61. The molecule has 1 rings (SSSR count). The first kappa shape index (κ1) is 15.0. The van der Waals surface area contributed by atoms with Gasteiger partial charge in [0.1, 0.15) is 0 Å². The molecule has 0 aliphatic carbocycles. The molecule has 0 amide bonds. The summed E-state index contributed by atoms with van der Waals surface area (Å²) in [6.07, 6.45) is 2.94. The van der Waals surface area contributed by atoms with Crippen LogP contribution in [0.15, 0.2) is 24.3 Å². The summed E-state index contributed by atoms with van der Waals surface area (Å²) in [5.74, 6) is -0.715. The van der Waals surface area contributed by atoms with Crippen molar-refractivity contribution >= 4 is 17.6 Å². The van der Waals surface area contributed by atoms with Crippen LogP contribution in [0.5, 0.6) is 0 Å². The van der Waals surface area contributed by atoms with E-state index >= 15 is 0 Å². The van der Waals surface area contributed by atoms with Crippen molar-refractivity contribution in [3.05, 3.63) is 34.9 Å². The lowest BCUT2D eigenvalue weighted by Crippen LogP contribution is -2.20. The zero-order valence-corrected chi connectivity index (χ0v) is 11.4. The number of halogens is 1. The van der Waals surface area contributed by atoms with Crippen LogP contribution in [0, 0.1) is 0 Å². The Balaban J connectivity index is 2.20. The summed E-state index contributed by atoms with van der Waals surface area (Å²) in [6.45, 7) is 2.96. The Kier molecular flexibility index (Phi) is 6.76. The number of hydrogen-bond acceptors (Lipinski definition) is 2. The molecule has 100 valence electrons. The van der Waals surface area contributed by atoms with E-state index in [9.17, 15) is 4.79 Å². The van der Waals surface area contributed by atoms with Crippen molar-refractivity contribution in [1.82, 2.24) is 5.32 Å². The molecule has 0 aromatic heterocycles. The molecule has 0 bridgehead atoms. The van der Waals surface area contributed by atoms with Gasteiger partial charge in [0, 0.05) is 17.5 Å². The maximum atomic E-state index is 10.3. The smallest absolute Gasteiger partial charge is 0.303 e. The van der Waals surface area contributed by atoms with Crippen LogP contribution in [0.25, 0.3) is 0 Å². The maximum Gasteiger partial charge on any atom is 0.303 e. The van der Waals surface area contributed by atoms with Gasteiger partial charge in [0.15, 0.2) is 0 Å². The maximum absolute atomic E-state index is 10.3. The molecular formula is C14H20ClNO2. The second-order valence-corrected chi connectivity index (χ2v) is 4.81. The summed E-state index contributed by atoms with van der Waals surface area (Å²) in [6, 6.07) is 8.03. The Morgan fingerprint density at radius 1 is 1.33 bits per heavy atom. The van der Waals surface area contributed by atoms with Gasteiger partial charge in [0.25, 0.3) is 0 Å². The summed E-state index contributed by atoms with van der Waals surface area (Å²) < 4.78 is 0. The van der Waals surface area contributed by atoms with Gasteiger partial charge >= 0.3 is 5.97 Å². The molecule has 0 spiro atoms.